The number of aryl methyl sites for hydroxylation is 1. The van der Waals surface area contributed by atoms with Crippen LogP contribution >= 0.6 is 12.2 Å². The van der Waals surface area contributed by atoms with Crippen LogP contribution in [0.15, 0.2) is 79.1 Å². The number of rotatable bonds is 5. The quantitative estimate of drug-likeness (QED) is 0.424. The van der Waals surface area contributed by atoms with Crippen LogP contribution in [0.3, 0.4) is 0 Å². The first-order chi connectivity index (χ1) is 16.1. The summed E-state index contributed by atoms with van der Waals surface area (Å²) in [6.07, 6.45) is 3.64. The summed E-state index contributed by atoms with van der Waals surface area (Å²) in [7, 11) is 1.68. The minimum Gasteiger partial charge on any atom is -0.495 e. The largest absolute Gasteiger partial charge is 0.495 e. The Balaban J connectivity index is 1.71. The Morgan fingerprint density at radius 2 is 1.67 bits per heavy atom. The van der Waals surface area contributed by atoms with E-state index in [9.17, 15) is 0 Å². The van der Waals surface area contributed by atoms with Crippen molar-refractivity contribution in [1.29, 1.82) is 0 Å². The highest BCUT2D eigenvalue weighted by atomic mass is 32.1. The van der Waals surface area contributed by atoms with Gasteiger partial charge in [-0.1, -0.05) is 24.3 Å². The second-order valence-electron chi connectivity index (χ2n) is 8.02. The number of nitrogens with zero attached hydrogens (tertiary/aromatic N) is 4. The molecule has 0 saturated carbocycles. The molecule has 0 bridgehead atoms. The third-order valence-electron chi connectivity index (χ3n) is 6.11. The Morgan fingerprint density at radius 1 is 0.939 bits per heavy atom. The Bertz CT molecular complexity index is 1290. The summed E-state index contributed by atoms with van der Waals surface area (Å²) < 4.78 is 7.89. The Kier molecular flexibility index (Phi) is 5.56. The molecule has 4 heterocycles. The number of nitrogens with one attached hydrogen (secondary N) is 1. The van der Waals surface area contributed by atoms with Crippen LogP contribution in [0.25, 0.3) is 5.82 Å². The number of pyridine rings is 2. The molecule has 1 fully saturated rings. The van der Waals surface area contributed by atoms with E-state index in [-0.39, 0.29) is 12.1 Å². The zero-order chi connectivity index (χ0) is 22.9. The fraction of sp³-hybridized carbons (Fsp3) is 0.192. The van der Waals surface area contributed by atoms with Crippen molar-refractivity contribution < 1.29 is 4.74 Å². The van der Waals surface area contributed by atoms with Gasteiger partial charge in [-0.3, -0.25) is 4.98 Å². The molecular formula is C26H25N5OS. The number of thiocarbonyl (C=S) groups is 1. The number of para-hydroxylation sites is 2. The molecule has 33 heavy (non-hydrogen) atoms. The SMILES string of the molecule is COc1ccccc1N1C(=S)N[C@@H](c2ccccn2)[C@H]1c1cc(C)n(-c2ccccn2)c1C. The predicted molar refractivity (Wildman–Crippen MR) is 134 cm³/mol. The number of benzene rings is 1. The van der Waals surface area contributed by atoms with E-state index < -0.39 is 0 Å². The van der Waals surface area contributed by atoms with E-state index in [2.05, 4.69) is 44.7 Å². The summed E-state index contributed by atoms with van der Waals surface area (Å²) in [5.74, 6) is 1.66. The van der Waals surface area contributed by atoms with Gasteiger partial charge in [-0.15, -0.1) is 0 Å². The van der Waals surface area contributed by atoms with Crippen molar-refractivity contribution in [1.82, 2.24) is 19.9 Å². The summed E-state index contributed by atoms with van der Waals surface area (Å²) in [6, 6.07) is 21.9. The lowest BCUT2D eigenvalue weighted by Gasteiger charge is -2.29. The molecular weight excluding hydrogens is 430 g/mol. The first-order valence-electron chi connectivity index (χ1n) is 10.8. The maximum Gasteiger partial charge on any atom is 0.174 e. The zero-order valence-electron chi connectivity index (χ0n) is 18.8. The molecule has 7 heteroatoms. The summed E-state index contributed by atoms with van der Waals surface area (Å²) in [5.41, 5.74) is 5.24. The highest BCUT2D eigenvalue weighted by Gasteiger charge is 2.43. The van der Waals surface area contributed by atoms with Crippen molar-refractivity contribution >= 4 is 23.0 Å². The highest BCUT2D eigenvalue weighted by Crippen LogP contribution is 2.45. The van der Waals surface area contributed by atoms with Gasteiger partial charge in [0, 0.05) is 23.8 Å². The lowest BCUT2D eigenvalue weighted by Crippen LogP contribution is -2.30. The predicted octanol–water partition coefficient (Wildman–Crippen LogP) is 5.07. The molecule has 1 N–H and O–H groups in total. The maximum atomic E-state index is 5.87. The van der Waals surface area contributed by atoms with E-state index in [4.69, 9.17) is 17.0 Å². The molecule has 166 valence electrons. The van der Waals surface area contributed by atoms with E-state index in [1.54, 1.807) is 7.11 Å². The lowest BCUT2D eigenvalue weighted by atomic mass is 9.96. The molecule has 1 aromatic carbocycles. The lowest BCUT2D eigenvalue weighted by molar-refractivity contribution is 0.414. The monoisotopic (exact) mass is 455 g/mol. The van der Waals surface area contributed by atoms with Crippen molar-refractivity contribution in [3.8, 4) is 11.6 Å². The average molecular weight is 456 g/mol. The van der Waals surface area contributed by atoms with Gasteiger partial charge < -0.3 is 19.5 Å². The molecule has 0 unspecified atom stereocenters. The molecule has 0 amide bonds. The Morgan fingerprint density at radius 3 is 2.36 bits per heavy atom. The van der Waals surface area contributed by atoms with Gasteiger partial charge in [0.1, 0.15) is 11.6 Å². The summed E-state index contributed by atoms with van der Waals surface area (Å²) in [6.45, 7) is 4.24. The van der Waals surface area contributed by atoms with Gasteiger partial charge in [-0.25, -0.2) is 4.98 Å². The van der Waals surface area contributed by atoms with Gasteiger partial charge in [0.05, 0.1) is 30.6 Å². The van der Waals surface area contributed by atoms with Crippen LogP contribution in [0.1, 0.15) is 34.7 Å². The minimum atomic E-state index is -0.124. The summed E-state index contributed by atoms with van der Waals surface area (Å²) in [5, 5.41) is 4.17. The van der Waals surface area contributed by atoms with Crippen LogP contribution in [-0.2, 0) is 0 Å². The topological polar surface area (TPSA) is 55.2 Å². The van der Waals surface area contributed by atoms with E-state index in [0.717, 1.165) is 39.9 Å². The van der Waals surface area contributed by atoms with Crippen molar-refractivity contribution in [2.45, 2.75) is 25.9 Å². The third-order valence-corrected chi connectivity index (χ3v) is 6.42. The first kappa shape index (κ1) is 21.2. The van der Waals surface area contributed by atoms with Gasteiger partial charge in [0.25, 0.3) is 0 Å². The number of hydrogen-bond acceptors (Lipinski definition) is 4. The van der Waals surface area contributed by atoms with Gasteiger partial charge in [0.15, 0.2) is 5.11 Å². The van der Waals surface area contributed by atoms with Crippen LogP contribution in [0.4, 0.5) is 5.69 Å². The van der Waals surface area contributed by atoms with Crippen molar-refractivity contribution in [2.75, 3.05) is 12.0 Å². The first-order valence-corrected chi connectivity index (χ1v) is 11.2. The number of aromatic nitrogens is 3. The third kappa shape index (κ3) is 3.64. The van der Waals surface area contributed by atoms with Gasteiger partial charge in [-0.2, -0.15) is 0 Å². The molecule has 0 aliphatic carbocycles. The molecule has 1 saturated heterocycles. The summed E-state index contributed by atoms with van der Waals surface area (Å²) in [4.78, 5) is 11.4. The smallest absolute Gasteiger partial charge is 0.174 e. The van der Waals surface area contributed by atoms with Crippen LogP contribution < -0.4 is 15.0 Å². The molecule has 2 atom stereocenters. The zero-order valence-corrected chi connectivity index (χ0v) is 19.6. The minimum absolute atomic E-state index is 0.118. The molecule has 1 aliphatic rings. The van der Waals surface area contributed by atoms with Gasteiger partial charge >= 0.3 is 0 Å². The average Bonchev–Trinajstić information content (AvgIpc) is 3.35. The molecule has 3 aromatic heterocycles. The molecule has 0 radical (unpaired) electrons. The molecule has 6 nitrogen and oxygen atoms in total. The fourth-order valence-corrected chi connectivity index (χ4v) is 5.02. The molecule has 1 aliphatic heterocycles. The molecule has 0 spiro atoms. The standard InChI is InChI=1S/C26H25N5OS/c1-17-16-19(18(2)30(17)23-13-7-9-15-28-23)25-24(20-10-6-8-14-27-20)29-26(33)31(25)21-11-4-5-12-22(21)32-3/h4-16,24-25H,1-3H3,(H,29,33)/t24-,25+/m0/s1. The molecule has 5 rings (SSSR count). The van der Waals surface area contributed by atoms with Crippen LogP contribution in [0.5, 0.6) is 5.75 Å². The van der Waals surface area contributed by atoms with E-state index in [1.807, 2.05) is 73.1 Å². The van der Waals surface area contributed by atoms with Crippen LogP contribution in [0, 0.1) is 13.8 Å². The van der Waals surface area contributed by atoms with E-state index >= 15 is 0 Å². The van der Waals surface area contributed by atoms with Crippen molar-refractivity contribution in [3.63, 3.8) is 0 Å². The van der Waals surface area contributed by atoms with E-state index in [1.165, 1.54) is 0 Å². The normalized spacial score (nSPS) is 17.8. The van der Waals surface area contributed by atoms with Crippen molar-refractivity contribution in [3.05, 3.63) is 102 Å². The molecule has 4 aromatic rings. The highest BCUT2D eigenvalue weighted by molar-refractivity contribution is 7.80. The van der Waals surface area contributed by atoms with Gasteiger partial charge in [-0.05, 0) is 74.1 Å². The second-order valence-corrected chi connectivity index (χ2v) is 8.40. The second kappa shape index (κ2) is 8.67. The Hall–Kier alpha value is -3.71. The fourth-order valence-electron chi connectivity index (χ4n) is 4.68. The number of ether oxygens (including phenoxy) is 1. The van der Waals surface area contributed by atoms with Crippen LogP contribution in [-0.4, -0.2) is 26.8 Å². The van der Waals surface area contributed by atoms with Gasteiger partial charge in [0.2, 0.25) is 0 Å². The number of methoxy groups -OCH3 is 1. The van der Waals surface area contributed by atoms with Crippen LogP contribution in [0.2, 0.25) is 0 Å². The maximum absolute atomic E-state index is 5.87. The Labute approximate surface area is 198 Å². The van der Waals surface area contributed by atoms with Crippen molar-refractivity contribution in [2.24, 2.45) is 0 Å². The van der Waals surface area contributed by atoms with E-state index in [0.29, 0.717) is 5.11 Å². The number of anilines is 1. The number of hydrogen-bond donors (Lipinski definition) is 1. The summed E-state index contributed by atoms with van der Waals surface area (Å²) >= 11 is 5.87.